The van der Waals surface area contributed by atoms with Crippen LogP contribution in [0.5, 0.6) is 0 Å². The number of pyridine rings is 1. The Morgan fingerprint density at radius 1 is 1.40 bits per heavy atom. The van der Waals surface area contributed by atoms with E-state index in [-0.39, 0.29) is 11.7 Å². The molecule has 6 nitrogen and oxygen atoms in total. The largest absolute Gasteiger partial charge is 0.443 e. The third-order valence-corrected chi connectivity index (χ3v) is 3.50. The van der Waals surface area contributed by atoms with E-state index >= 15 is 0 Å². The predicted molar refractivity (Wildman–Crippen MR) is 95.2 cm³/mol. The van der Waals surface area contributed by atoms with E-state index in [0.29, 0.717) is 24.2 Å². The summed E-state index contributed by atoms with van der Waals surface area (Å²) in [6.07, 6.45) is 5.23. The van der Waals surface area contributed by atoms with Gasteiger partial charge in [-0.3, -0.25) is 14.3 Å². The Bertz CT molecular complexity index is 700. The van der Waals surface area contributed by atoms with Crippen LogP contribution in [0.1, 0.15) is 33.6 Å². The summed E-state index contributed by atoms with van der Waals surface area (Å²) in [5, 5.41) is 4.39. The topological polar surface area (TPSA) is 60.2 Å². The van der Waals surface area contributed by atoms with Crippen LogP contribution in [0.4, 0.5) is 14.9 Å². The number of halogens is 2. The third kappa shape index (κ3) is 5.42. The highest BCUT2D eigenvalue weighted by Gasteiger charge is 2.26. The minimum absolute atomic E-state index is 0.162. The number of amides is 1. The van der Waals surface area contributed by atoms with Crippen molar-refractivity contribution >= 4 is 23.4 Å². The van der Waals surface area contributed by atoms with Crippen molar-refractivity contribution in [1.29, 1.82) is 0 Å². The predicted octanol–water partition coefficient (Wildman–Crippen LogP) is 4.41. The summed E-state index contributed by atoms with van der Waals surface area (Å²) in [7, 11) is 0. The van der Waals surface area contributed by atoms with Gasteiger partial charge in [-0.05, 0) is 45.7 Å². The fraction of sp³-hybridized carbons (Fsp3) is 0.471. The van der Waals surface area contributed by atoms with Crippen molar-refractivity contribution in [2.24, 2.45) is 0 Å². The van der Waals surface area contributed by atoms with Crippen LogP contribution in [0.2, 0.25) is 5.15 Å². The Morgan fingerprint density at radius 3 is 2.76 bits per heavy atom. The molecule has 2 heterocycles. The highest BCUT2D eigenvalue weighted by Crippen LogP contribution is 2.28. The van der Waals surface area contributed by atoms with Gasteiger partial charge >= 0.3 is 6.09 Å². The van der Waals surface area contributed by atoms with Crippen LogP contribution in [0, 0.1) is 0 Å². The molecule has 8 heteroatoms. The van der Waals surface area contributed by atoms with Gasteiger partial charge in [0.2, 0.25) is 0 Å². The number of alkyl halides is 1. The van der Waals surface area contributed by atoms with Gasteiger partial charge in [0.1, 0.15) is 11.3 Å². The first kappa shape index (κ1) is 19.2. The molecule has 0 spiro atoms. The highest BCUT2D eigenvalue weighted by molar-refractivity contribution is 6.32. The minimum Gasteiger partial charge on any atom is -0.443 e. The van der Waals surface area contributed by atoms with E-state index in [0.717, 1.165) is 0 Å². The molecule has 0 saturated carbocycles. The van der Waals surface area contributed by atoms with E-state index in [1.165, 1.54) is 9.58 Å². The van der Waals surface area contributed by atoms with Crippen molar-refractivity contribution in [3.05, 3.63) is 35.9 Å². The summed E-state index contributed by atoms with van der Waals surface area (Å²) in [6, 6.07) is 3.60. The molecule has 1 amide bonds. The van der Waals surface area contributed by atoms with Crippen molar-refractivity contribution in [2.45, 2.75) is 39.2 Å². The molecule has 0 radical (unpaired) electrons. The standard InChI is InChI=1S/C17H22ClFN4O2/c1-17(2,3)25-16(24)22(10-5-4-8-19)14-12-23(21-15(14)18)13-7-6-9-20-11-13/h6-7,9,11-12H,4-5,8,10H2,1-3H3. The van der Waals surface area contributed by atoms with Gasteiger partial charge < -0.3 is 4.74 Å². The summed E-state index contributed by atoms with van der Waals surface area (Å²) in [5.41, 5.74) is 0.475. The Balaban J connectivity index is 2.30. The zero-order chi connectivity index (χ0) is 18.4. The first-order chi connectivity index (χ1) is 11.8. The van der Waals surface area contributed by atoms with Crippen LogP contribution in [-0.4, -0.2) is 39.7 Å². The second kappa shape index (κ2) is 8.29. The van der Waals surface area contributed by atoms with E-state index in [2.05, 4.69) is 10.1 Å². The Kier molecular flexibility index (Phi) is 6.36. The number of hydrogen-bond donors (Lipinski definition) is 0. The van der Waals surface area contributed by atoms with Crippen LogP contribution in [0.15, 0.2) is 30.7 Å². The number of carbonyl (C=O) groups excluding carboxylic acids is 1. The number of nitrogens with zero attached hydrogens (tertiary/aromatic N) is 4. The lowest BCUT2D eigenvalue weighted by Crippen LogP contribution is -2.37. The number of hydrogen-bond acceptors (Lipinski definition) is 4. The van der Waals surface area contributed by atoms with E-state index in [1.54, 1.807) is 45.4 Å². The molecule has 0 aliphatic rings. The van der Waals surface area contributed by atoms with Gasteiger partial charge in [-0.2, -0.15) is 5.10 Å². The molecular weight excluding hydrogens is 347 g/mol. The van der Waals surface area contributed by atoms with Gasteiger partial charge in [-0.1, -0.05) is 11.6 Å². The van der Waals surface area contributed by atoms with E-state index < -0.39 is 18.4 Å². The molecule has 0 fully saturated rings. The lowest BCUT2D eigenvalue weighted by Gasteiger charge is -2.26. The van der Waals surface area contributed by atoms with Gasteiger partial charge in [-0.25, -0.2) is 9.48 Å². The number of ether oxygens (including phenoxy) is 1. The molecule has 0 unspecified atom stereocenters. The molecule has 0 N–H and O–H groups in total. The van der Waals surface area contributed by atoms with Crippen molar-refractivity contribution in [3.8, 4) is 5.69 Å². The van der Waals surface area contributed by atoms with Crippen molar-refractivity contribution < 1.29 is 13.9 Å². The summed E-state index contributed by atoms with van der Waals surface area (Å²) in [6.45, 7) is 5.20. The molecule has 0 aliphatic carbocycles. The normalized spacial score (nSPS) is 11.4. The summed E-state index contributed by atoms with van der Waals surface area (Å²) >= 11 is 6.24. The fourth-order valence-corrected chi connectivity index (χ4v) is 2.37. The zero-order valence-electron chi connectivity index (χ0n) is 14.6. The molecule has 2 aromatic heterocycles. The van der Waals surface area contributed by atoms with Crippen molar-refractivity contribution in [3.63, 3.8) is 0 Å². The zero-order valence-corrected chi connectivity index (χ0v) is 15.3. The smallest absolute Gasteiger partial charge is 0.414 e. The number of unbranched alkanes of at least 4 members (excludes halogenated alkanes) is 1. The average molecular weight is 369 g/mol. The van der Waals surface area contributed by atoms with Gasteiger partial charge in [0.25, 0.3) is 0 Å². The first-order valence-corrected chi connectivity index (χ1v) is 8.41. The molecular formula is C17H22ClFN4O2. The summed E-state index contributed by atoms with van der Waals surface area (Å²) in [5.74, 6) is 0. The molecule has 0 bridgehead atoms. The monoisotopic (exact) mass is 368 g/mol. The van der Waals surface area contributed by atoms with Crippen LogP contribution < -0.4 is 4.90 Å². The van der Waals surface area contributed by atoms with Crippen LogP contribution in [0.3, 0.4) is 0 Å². The van der Waals surface area contributed by atoms with Crippen LogP contribution >= 0.6 is 11.6 Å². The second-order valence-electron chi connectivity index (χ2n) is 6.49. The molecule has 25 heavy (non-hydrogen) atoms. The number of aromatic nitrogens is 3. The highest BCUT2D eigenvalue weighted by atomic mass is 35.5. The fourth-order valence-electron chi connectivity index (χ4n) is 2.14. The Hall–Kier alpha value is -2.15. The molecule has 2 aromatic rings. The van der Waals surface area contributed by atoms with Gasteiger partial charge in [0, 0.05) is 12.7 Å². The molecule has 2 rings (SSSR count). The van der Waals surface area contributed by atoms with E-state index in [9.17, 15) is 9.18 Å². The molecule has 0 aromatic carbocycles. The average Bonchev–Trinajstić information content (AvgIpc) is 2.92. The van der Waals surface area contributed by atoms with Gasteiger partial charge in [-0.15, -0.1) is 0 Å². The van der Waals surface area contributed by atoms with E-state index in [1.807, 2.05) is 6.07 Å². The minimum atomic E-state index is -0.652. The van der Waals surface area contributed by atoms with Crippen LogP contribution in [0.25, 0.3) is 5.69 Å². The van der Waals surface area contributed by atoms with E-state index in [4.69, 9.17) is 16.3 Å². The Labute approximate surface area is 151 Å². The van der Waals surface area contributed by atoms with Crippen molar-refractivity contribution in [2.75, 3.05) is 18.1 Å². The Morgan fingerprint density at radius 2 is 2.16 bits per heavy atom. The third-order valence-electron chi connectivity index (χ3n) is 3.23. The summed E-state index contributed by atoms with van der Waals surface area (Å²) in [4.78, 5) is 18.0. The second-order valence-corrected chi connectivity index (χ2v) is 6.85. The SMILES string of the molecule is CC(C)(C)OC(=O)N(CCCCF)c1cn(-c2cccnc2)nc1Cl. The maximum Gasteiger partial charge on any atom is 0.414 e. The lowest BCUT2D eigenvalue weighted by atomic mass is 10.2. The maximum atomic E-state index is 12.6. The molecule has 0 aliphatic heterocycles. The maximum absolute atomic E-state index is 12.6. The van der Waals surface area contributed by atoms with Gasteiger partial charge in [0.05, 0.1) is 24.8 Å². The lowest BCUT2D eigenvalue weighted by molar-refractivity contribution is 0.0579. The molecule has 0 atom stereocenters. The number of rotatable bonds is 6. The number of carbonyl (C=O) groups is 1. The van der Waals surface area contributed by atoms with Crippen LogP contribution in [-0.2, 0) is 4.74 Å². The first-order valence-electron chi connectivity index (χ1n) is 8.04. The molecule has 136 valence electrons. The summed E-state index contributed by atoms with van der Waals surface area (Å²) < 4.78 is 19.4. The molecule has 0 saturated heterocycles. The quantitative estimate of drug-likeness (QED) is 0.708. The van der Waals surface area contributed by atoms with Crippen molar-refractivity contribution in [1.82, 2.24) is 14.8 Å². The number of anilines is 1. The van der Waals surface area contributed by atoms with Gasteiger partial charge in [0.15, 0.2) is 5.15 Å².